The minimum absolute atomic E-state index is 0.218. The first-order valence-corrected chi connectivity index (χ1v) is 10.3. The quantitative estimate of drug-likeness (QED) is 0.882. The SMILES string of the molecule is O=C(C1CC1)N1CCc2[nH]cnc2C12CCN(Cc1ccc(Cl)cc1)CC2. The second-order valence-corrected chi connectivity index (χ2v) is 8.61. The van der Waals surface area contributed by atoms with Crippen molar-refractivity contribution in [3.8, 4) is 0 Å². The number of carbonyl (C=O) groups is 1. The van der Waals surface area contributed by atoms with Gasteiger partial charge in [0.05, 0.1) is 17.6 Å². The first-order valence-electron chi connectivity index (χ1n) is 9.97. The van der Waals surface area contributed by atoms with Crippen molar-refractivity contribution < 1.29 is 4.79 Å². The van der Waals surface area contributed by atoms with Crippen LogP contribution in [-0.4, -0.2) is 45.3 Å². The van der Waals surface area contributed by atoms with Gasteiger partial charge < -0.3 is 9.88 Å². The van der Waals surface area contributed by atoms with E-state index in [0.29, 0.717) is 5.91 Å². The van der Waals surface area contributed by atoms with Crippen LogP contribution in [-0.2, 0) is 23.3 Å². The maximum Gasteiger partial charge on any atom is 0.226 e. The first-order chi connectivity index (χ1) is 13.2. The van der Waals surface area contributed by atoms with Gasteiger partial charge in [-0.05, 0) is 43.4 Å². The Morgan fingerprint density at radius 1 is 1.19 bits per heavy atom. The fourth-order valence-electron chi connectivity index (χ4n) is 4.79. The van der Waals surface area contributed by atoms with Crippen LogP contribution in [0.25, 0.3) is 0 Å². The van der Waals surface area contributed by atoms with E-state index in [1.807, 2.05) is 12.1 Å². The Morgan fingerprint density at radius 2 is 1.93 bits per heavy atom. The molecule has 0 unspecified atom stereocenters. The molecule has 142 valence electrons. The predicted molar refractivity (Wildman–Crippen MR) is 104 cm³/mol. The van der Waals surface area contributed by atoms with E-state index in [1.54, 1.807) is 6.33 Å². The Hall–Kier alpha value is -1.85. The van der Waals surface area contributed by atoms with Gasteiger partial charge in [0, 0.05) is 49.2 Å². The van der Waals surface area contributed by atoms with Crippen LogP contribution in [0.3, 0.4) is 0 Å². The smallest absolute Gasteiger partial charge is 0.226 e. The van der Waals surface area contributed by atoms with Gasteiger partial charge in [0.25, 0.3) is 0 Å². The van der Waals surface area contributed by atoms with Crippen molar-refractivity contribution in [2.45, 2.75) is 44.2 Å². The van der Waals surface area contributed by atoms with Crippen LogP contribution in [0.2, 0.25) is 5.02 Å². The highest BCUT2D eigenvalue weighted by Crippen LogP contribution is 2.45. The number of hydrogen-bond donors (Lipinski definition) is 1. The molecule has 0 radical (unpaired) electrons. The number of H-pyrrole nitrogens is 1. The lowest BCUT2D eigenvalue weighted by Gasteiger charge is -2.50. The average Bonchev–Trinajstić information content (AvgIpc) is 3.42. The molecule has 1 aliphatic carbocycles. The Morgan fingerprint density at radius 3 is 2.63 bits per heavy atom. The van der Waals surface area contributed by atoms with E-state index in [9.17, 15) is 4.79 Å². The number of aromatic amines is 1. The lowest BCUT2D eigenvalue weighted by molar-refractivity contribution is -0.143. The second-order valence-electron chi connectivity index (χ2n) is 8.18. The molecule has 2 aliphatic heterocycles. The summed E-state index contributed by atoms with van der Waals surface area (Å²) in [4.78, 5) is 25.7. The molecule has 0 atom stereocenters. The molecule has 1 spiro atoms. The van der Waals surface area contributed by atoms with Gasteiger partial charge in [0.2, 0.25) is 5.91 Å². The van der Waals surface area contributed by atoms with Gasteiger partial charge in [-0.2, -0.15) is 0 Å². The number of nitrogens with one attached hydrogen (secondary N) is 1. The maximum absolute atomic E-state index is 13.0. The molecule has 5 nitrogen and oxygen atoms in total. The number of benzene rings is 1. The van der Waals surface area contributed by atoms with Gasteiger partial charge in [-0.15, -0.1) is 0 Å². The van der Waals surface area contributed by atoms with Crippen molar-refractivity contribution in [2.24, 2.45) is 5.92 Å². The number of hydrogen-bond acceptors (Lipinski definition) is 3. The summed E-state index contributed by atoms with van der Waals surface area (Å²) in [5.74, 6) is 0.615. The number of likely N-dealkylation sites (tertiary alicyclic amines) is 1. The van der Waals surface area contributed by atoms with Crippen LogP contribution in [0.4, 0.5) is 0 Å². The summed E-state index contributed by atoms with van der Waals surface area (Å²) in [6, 6.07) is 8.11. The van der Waals surface area contributed by atoms with Gasteiger partial charge in [0.15, 0.2) is 0 Å². The molecular formula is C21H25ClN4O. The lowest BCUT2D eigenvalue weighted by atomic mass is 9.78. The molecule has 2 aromatic rings. The molecule has 3 heterocycles. The molecule has 2 fully saturated rings. The summed E-state index contributed by atoms with van der Waals surface area (Å²) < 4.78 is 0. The van der Waals surface area contributed by atoms with Crippen LogP contribution in [0, 0.1) is 5.92 Å². The number of piperidine rings is 1. The molecule has 1 amide bonds. The van der Waals surface area contributed by atoms with Crippen LogP contribution in [0.5, 0.6) is 0 Å². The Balaban J connectivity index is 1.36. The van der Waals surface area contributed by atoms with Gasteiger partial charge in [0.1, 0.15) is 0 Å². The summed E-state index contributed by atoms with van der Waals surface area (Å²) in [6.07, 6.45) is 6.72. The molecule has 5 rings (SSSR count). The van der Waals surface area contributed by atoms with E-state index in [4.69, 9.17) is 11.6 Å². The van der Waals surface area contributed by atoms with E-state index < -0.39 is 0 Å². The Labute approximate surface area is 164 Å². The summed E-state index contributed by atoms with van der Waals surface area (Å²) in [5, 5.41) is 0.777. The molecule has 1 N–H and O–H groups in total. The molecule has 6 heteroatoms. The van der Waals surface area contributed by atoms with Crippen molar-refractivity contribution in [3.05, 3.63) is 52.6 Å². The minimum Gasteiger partial charge on any atom is -0.348 e. The number of fused-ring (bicyclic) bond motifs is 2. The normalized spacial score (nSPS) is 22.0. The summed E-state index contributed by atoms with van der Waals surface area (Å²) >= 11 is 6.00. The van der Waals surface area contributed by atoms with Crippen LogP contribution in [0.15, 0.2) is 30.6 Å². The van der Waals surface area contributed by atoms with Crippen LogP contribution >= 0.6 is 11.6 Å². The Kier molecular flexibility index (Phi) is 4.25. The van der Waals surface area contributed by atoms with E-state index in [0.717, 1.165) is 69.0 Å². The fourth-order valence-corrected chi connectivity index (χ4v) is 4.91. The van der Waals surface area contributed by atoms with Gasteiger partial charge in [-0.3, -0.25) is 9.69 Å². The molecule has 27 heavy (non-hydrogen) atoms. The zero-order chi connectivity index (χ0) is 18.4. The molecule has 1 saturated heterocycles. The highest BCUT2D eigenvalue weighted by molar-refractivity contribution is 6.30. The van der Waals surface area contributed by atoms with Gasteiger partial charge in [-0.25, -0.2) is 4.98 Å². The minimum atomic E-state index is -0.218. The predicted octanol–water partition coefficient (Wildman–Crippen LogP) is 3.35. The van der Waals surface area contributed by atoms with Gasteiger partial charge in [-0.1, -0.05) is 23.7 Å². The van der Waals surface area contributed by atoms with Crippen LogP contribution < -0.4 is 0 Å². The number of nitrogens with zero attached hydrogens (tertiary/aromatic N) is 3. The van der Waals surface area contributed by atoms with E-state index >= 15 is 0 Å². The third-order valence-electron chi connectivity index (χ3n) is 6.46. The third-order valence-corrected chi connectivity index (χ3v) is 6.71. The van der Waals surface area contributed by atoms with Gasteiger partial charge >= 0.3 is 0 Å². The van der Waals surface area contributed by atoms with Crippen molar-refractivity contribution in [1.82, 2.24) is 19.8 Å². The molecule has 3 aliphatic rings. The third kappa shape index (κ3) is 3.07. The topological polar surface area (TPSA) is 52.2 Å². The highest BCUT2D eigenvalue weighted by atomic mass is 35.5. The van der Waals surface area contributed by atoms with Crippen molar-refractivity contribution in [1.29, 1.82) is 0 Å². The van der Waals surface area contributed by atoms with Crippen molar-refractivity contribution in [2.75, 3.05) is 19.6 Å². The number of rotatable bonds is 3. The van der Waals surface area contributed by atoms with E-state index in [-0.39, 0.29) is 11.5 Å². The summed E-state index contributed by atoms with van der Waals surface area (Å²) in [7, 11) is 0. The van der Waals surface area contributed by atoms with Crippen LogP contribution in [0.1, 0.15) is 42.6 Å². The largest absolute Gasteiger partial charge is 0.348 e. The zero-order valence-electron chi connectivity index (χ0n) is 15.5. The van der Waals surface area contributed by atoms with Crippen molar-refractivity contribution >= 4 is 17.5 Å². The number of amides is 1. The Bertz CT molecular complexity index is 834. The van der Waals surface area contributed by atoms with Crippen molar-refractivity contribution in [3.63, 3.8) is 0 Å². The molecule has 1 aromatic carbocycles. The van der Waals surface area contributed by atoms with E-state index in [1.165, 1.54) is 11.3 Å². The van der Waals surface area contributed by atoms with E-state index in [2.05, 4.69) is 31.9 Å². The maximum atomic E-state index is 13.0. The summed E-state index contributed by atoms with van der Waals surface area (Å²) in [6.45, 7) is 3.70. The first kappa shape index (κ1) is 17.3. The number of halogens is 1. The fraction of sp³-hybridized carbons (Fsp3) is 0.524. The lowest BCUT2D eigenvalue weighted by Crippen LogP contribution is -2.58. The average molecular weight is 385 g/mol. The number of carbonyl (C=O) groups excluding carboxylic acids is 1. The molecule has 1 saturated carbocycles. The zero-order valence-corrected chi connectivity index (χ0v) is 16.2. The number of imidazole rings is 1. The molecule has 1 aromatic heterocycles. The monoisotopic (exact) mass is 384 g/mol. The highest BCUT2D eigenvalue weighted by Gasteiger charge is 2.50. The standard InChI is InChI=1S/C21H25ClN4O/c22-17-5-1-15(2-6-17)13-25-11-8-21(9-12-25)19-18(23-14-24-19)7-10-26(21)20(27)16-3-4-16/h1-2,5-6,14,16H,3-4,7-13H2,(H,23,24). The summed E-state index contributed by atoms with van der Waals surface area (Å²) in [5.41, 5.74) is 3.41. The molecule has 0 bridgehead atoms. The second kappa shape index (κ2) is 6.64. The number of aromatic nitrogens is 2. The molecular weight excluding hydrogens is 360 g/mol.